The normalized spacial score (nSPS) is 23.4. The smallest absolute Gasteiger partial charge is 0.245 e. The van der Waals surface area contributed by atoms with E-state index in [4.69, 9.17) is 29.2 Å². The zero-order chi connectivity index (χ0) is 31.3. The monoisotopic (exact) mass is 615 g/mol. The predicted molar refractivity (Wildman–Crippen MR) is 170 cm³/mol. The number of methoxy groups -OCH3 is 1. The van der Waals surface area contributed by atoms with Crippen LogP contribution in [0, 0.1) is 24.7 Å². The van der Waals surface area contributed by atoms with Crippen LogP contribution in [0.4, 0.5) is 5.82 Å². The number of hydrogen-bond acceptors (Lipinski definition) is 8. The number of pyridine rings is 2. The molecule has 0 radical (unpaired) electrons. The van der Waals surface area contributed by atoms with Gasteiger partial charge in [-0.1, -0.05) is 0 Å². The van der Waals surface area contributed by atoms with Crippen LogP contribution in [0.15, 0.2) is 41.1 Å². The van der Waals surface area contributed by atoms with E-state index >= 15 is 0 Å². The maximum absolute atomic E-state index is 14.3. The molecule has 3 aliphatic rings. The second-order valence-electron chi connectivity index (χ2n) is 13.1. The van der Waals surface area contributed by atoms with Gasteiger partial charge in [0.15, 0.2) is 5.89 Å². The standard InChI is InChI=1S/C35H45N5O5/c1-22-31(44-2)14-13-29(38-22)25-7-5-24(6-8-25)19-40(35(43)27-9-3-23(4-10-27)18-37-33(42)20-41)32-17-28(15-16-36-32)30-21-45-34(39-30)26-11-12-26/h13-17,21,23-27,41H,3-12,18-20H2,1-2H3,(H,37,42). The first-order chi connectivity index (χ1) is 21.9. The molecule has 0 aromatic carbocycles. The molecule has 10 nitrogen and oxygen atoms in total. The molecule has 45 heavy (non-hydrogen) atoms. The van der Waals surface area contributed by atoms with Crippen LogP contribution in [0.1, 0.15) is 93.3 Å². The number of amides is 2. The van der Waals surface area contributed by atoms with Crippen LogP contribution >= 0.6 is 0 Å². The van der Waals surface area contributed by atoms with Crippen LogP contribution in [-0.4, -0.2) is 58.7 Å². The molecule has 10 heteroatoms. The summed E-state index contributed by atoms with van der Waals surface area (Å²) < 4.78 is 11.2. The summed E-state index contributed by atoms with van der Waals surface area (Å²) in [5.74, 6) is 3.49. The molecule has 2 amide bonds. The summed E-state index contributed by atoms with van der Waals surface area (Å²) in [5.41, 5.74) is 3.73. The summed E-state index contributed by atoms with van der Waals surface area (Å²) in [7, 11) is 1.67. The summed E-state index contributed by atoms with van der Waals surface area (Å²) >= 11 is 0. The number of ether oxygens (including phenoxy) is 1. The summed E-state index contributed by atoms with van der Waals surface area (Å²) in [6.45, 7) is 2.67. The molecule has 2 N–H and O–H groups in total. The lowest BCUT2D eigenvalue weighted by atomic mass is 9.79. The maximum atomic E-state index is 14.3. The van der Waals surface area contributed by atoms with Gasteiger partial charge in [0, 0.05) is 48.3 Å². The summed E-state index contributed by atoms with van der Waals surface area (Å²) in [6, 6.07) is 8.02. The van der Waals surface area contributed by atoms with E-state index in [1.165, 1.54) is 0 Å². The van der Waals surface area contributed by atoms with Crippen molar-refractivity contribution in [3.63, 3.8) is 0 Å². The van der Waals surface area contributed by atoms with Gasteiger partial charge < -0.3 is 19.6 Å². The number of carbonyl (C=O) groups excluding carboxylic acids is 2. The second kappa shape index (κ2) is 14.1. The number of nitrogens with zero attached hydrogens (tertiary/aromatic N) is 4. The zero-order valence-electron chi connectivity index (χ0n) is 26.4. The van der Waals surface area contributed by atoms with Crippen molar-refractivity contribution in [1.29, 1.82) is 0 Å². The van der Waals surface area contributed by atoms with Gasteiger partial charge in [0.2, 0.25) is 11.8 Å². The Hall–Kier alpha value is -3.79. The Morgan fingerprint density at radius 3 is 2.40 bits per heavy atom. The number of oxazole rings is 1. The van der Waals surface area contributed by atoms with Gasteiger partial charge >= 0.3 is 0 Å². The Morgan fingerprint density at radius 1 is 0.978 bits per heavy atom. The minimum Gasteiger partial charge on any atom is -0.495 e. The number of hydrogen-bond donors (Lipinski definition) is 2. The van der Waals surface area contributed by atoms with Crippen molar-refractivity contribution < 1.29 is 23.8 Å². The van der Waals surface area contributed by atoms with E-state index in [-0.39, 0.29) is 17.7 Å². The average Bonchev–Trinajstić information content (AvgIpc) is 3.82. The Balaban J connectivity index is 1.16. The van der Waals surface area contributed by atoms with Gasteiger partial charge in [0.25, 0.3) is 0 Å². The van der Waals surface area contributed by atoms with Gasteiger partial charge in [0.05, 0.1) is 12.8 Å². The molecule has 3 saturated carbocycles. The molecule has 6 rings (SSSR count). The van der Waals surface area contributed by atoms with Crippen LogP contribution in [0.3, 0.4) is 0 Å². The van der Waals surface area contributed by atoms with E-state index in [0.29, 0.717) is 42.6 Å². The predicted octanol–water partition coefficient (Wildman–Crippen LogP) is 5.55. The van der Waals surface area contributed by atoms with Crippen molar-refractivity contribution in [2.24, 2.45) is 17.8 Å². The summed E-state index contributed by atoms with van der Waals surface area (Å²) in [5, 5.41) is 11.8. The van der Waals surface area contributed by atoms with Gasteiger partial charge in [-0.2, -0.15) is 0 Å². The maximum Gasteiger partial charge on any atom is 0.245 e. The van der Waals surface area contributed by atoms with Crippen LogP contribution < -0.4 is 15.0 Å². The number of rotatable bonds is 11. The number of aliphatic hydroxyl groups is 1. The first-order valence-electron chi connectivity index (χ1n) is 16.5. The topological polar surface area (TPSA) is 131 Å². The molecule has 3 heterocycles. The highest BCUT2D eigenvalue weighted by molar-refractivity contribution is 5.94. The number of aliphatic hydroxyl groups excluding tert-OH is 1. The molecule has 240 valence electrons. The van der Waals surface area contributed by atoms with Gasteiger partial charge in [0.1, 0.15) is 30.1 Å². The summed E-state index contributed by atoms with van der Waals surface area (Å²) in [4.78, 5) is 42.0. The molecule has 3 aromatic heterocycles. The van der Waals surface area contributed by atoms with Crippen molar-refractivity contribution in [3.8, 4) is 17.0 Å². The van der Waals surface area contributed by atoms with Gasteiger partial charge in [-0.05, 0) is 107 Å². The first-order valence-corrected chi connectivity index (χ1v) is 16.5. The molecular formula is C35H45N5O5. The fraction of sp³-hybridized carbons (Fsp3) is 0.571. The van der Waals surface area contributed by atoms with E-state index in [0.717, 1.165) is 98.5 Å². The van der Waals surface area contributed by atoms with Gasteiger partial charge in [-0.15, -0.1) is 0 Å². The van der Waals surface area contributed by atoms with Crippen LogP contribution in [0.5, 0.6) is 5.75 Å². The molecular weight excluding hydrogens is 570 g/mol. The van der Waals surface area contributed by atoms with E-state index < -0.39 is 6.61 Å². The molecule has 3 aliphatic carbocycles. The van der Waals surface area contributed by atoms with E-state index in [9.17, 15) is 9.59 Å². The third-order valence-electron chi connectivity index (χ3n) is 9.94. The van der Waals surface area contributed by atoms with E-state index in [1.54, 1.807) is 19.6 Å². The number of nitrogens with one attached hydrogen (secondary N) is 1. The van der Waals surface area contributed by atoms with Crippen LogP contribution in [-0.2, 0) is 9.59 Å². The van der Waals surface area contributed by atoms with Crippen molar-refractivity contribution in [3.05, 3.63) is 54.0 Å². The Kier molecular flexibility index (Phi) is 9.78. The number of anilines is 1. The molecule has 0 bridgehead atoms. The Bertz CT molecular complexity index is 1470. The fourth-order valence-corrected chi connectivity index (χ4v) is 7.02. The number of aromatic nitrogens is 3. The molecule has 0 unspecified atom stereocenters. The number of carbonyl (C=O) groups is 2. The molecule has 3 fully saturated rings. The van der Waals surface area contributed by atoms with Gasteiger partial charge in [-0.25, -0.2) is 9.97 Å². The highest BCUT2D eigenvalue weighted by Crippen LogP contribution is 2.41. The molecule has 0 atom stereocenters. The van der Waals surface area contributed by atoms with Crippen molar-refractivity contribution in [1.82, 2.24) is 20.3 Å². The lowest BCUT2D eigenvalue weighted by molar-refractivity contribution is -0.125. The SMILES string of the molecule is COc1ccc(C2CCC(CN(C(=O)C3CCC(CNC(=O)CO)CC3)c3cc(-c4coc(C5CC5)n4)ccn3)CC2)nc1C. The molecule has 0 aliphatic heterocycles. The first kappa shape index (κ1) is 31.2. The highest BCUT2D eigenvalue weighted by atomic mass is 16.5. The van der Waals surface area contributed by atoms with Crippen molar-refractivity contribution >= 4 is 17.6 Å². The van der Waals surface area contributed by atoms with E-state index in [2.05, 4.69) is 11.4 Å². The highest BCUT2D eigenvalue weighted by Gasteiger charge is 2.34. The Labute approximate surface area is 265 Å². The largest absolute Gasteiger partial charge is 0.495 e. The Morgan fingerprint density at radius 2 is 1.71 bits per heavy atom. The third kappa shape index (κ3) is 7.54. The van der Waals surface area contributed by atoms with Crippen LogP contribution in [0.25, 0.3) is 11.3 Å². The minimum absolute atomic E-state index is 0.0865. The zero-order valence-corrected chi connectivity index (χ0v) is 26.4. The second-order valence-corrected chi connectivity index (χ2v) is 13.1. The van der Waals surface area contributed by atoms with Crippen molar-refractivity contribution in [2.45, 2.75) is 83.0 Å². The van der Waals surface area contributed by atoms with E-state index in [1.807, 2.05) is 30.0 Å². The van der Waals surface area contributed by atoms with Crippen molar-refractivity contribution in [2.75, 3.05) is 31.7 Å². The van der Waals surface area contributed by atoms with Gasteiger partial charge in [-0.3, -0.25) is 19.5 Å². The molecule has 0 saturated heterocycles. The fourth-order valence-electron chi connectivity index (χ4n) is 7.02. The molecule has 3 aromatic rings. The minimum atomic E-state index is -0.497. The number of aryl methyl sites for hydroxylation is 1. The summed E-state index contributed by atoms with van der Waals surface area (Å²) in [6.07, 6.45) is 13.1. The lowest BCUT2D eigenvalue weighted by Gasteiger charge is -2.35. The van der Waals surface area contributed by atoms with Crippen LogP contribution in [0.2, 0.25) is 0 Å². The third-order valence-corrected chi connectivity index (χ3v) is 9.94. The molecule has 0 spiro atoms. The quantitative estimate of drug-likeness (QED) is 0.287. The lowest BCUT2D eigenvalue weighted by Crippen LogP contribution is -2.42. The average molecular weight is 616 g/mol.